The first-order valence-electron chi connectivity index (χ1n) is 11.3. The maximum Gasteiger partial charge on any atom is 0.242 e. The average Bonchev–Trinajstić information content (AvgIpc) is 2.85. The second-order valence-corrected chi connectivity index (χ2v) is 8.25. The van der Waals surface area contributed by atoms with Gasteiger partial charge in [0, 0.05) is 31.7 Å². The molecule has 0 unspecified atom stereocenters. The molecular weight excluding hydrogens is 414 g/mol. The zero-order valence-electron chi connectivity index (χ0n) is 18.8. The van der Waals surface area contributed by atoms with Gasteiger partial charge in [0.25, 0.3) is 0 Å². The lowest BCUT2D eigenvalue weighted by Crippen LogP contribution is -2.45. The van der Waals surface area contributed by atoms with Gasteiger partial charge >= 0.3 is 0 Å². The zero-order valence-corrected chi connectivity index (χ0v) is 18.8. The highest BCUT2D eigenvalue weighted by Gasteiger charge is 2.28. The third-order valence-electron chi connectivity index (χ3n) is 5.88. The fraction of sp³-hybridized carbons (Fsp3) is 0.259. The summed E-state index contributed by atoms with van der Waals surface area (Å²) in [4.78, 5) is 29.3. The topological polar surface area (TPSA) is 61.9 Å². The Hall–Kier alpha value is -3.80. The molecule has 1 aliphatic rings. The molecule has 1 saturated heterocycles. The minimum Gasteiger partial charge on any atom is -0.455 e. The fourth-order valence-corrected chi connectivity index (χ4v) is 4.02. The number of hydrogen-bond donors (Lipinski definition) is 1. The summed E-state index contributed by atoms with van der Waals surface area (Å²) in [5.41, 5.74) is 1.66. The van der Waals surface area contributed by atoms with Gasteiger partial charge in [-0.15, -0.1) is 0 Å². The number of nitrogens with one attached hydrogen (secondary N) is 1. The Labute approximate surface area is 194 Å². The number of amides is 2. The summed E-state index contributed by atoms with van der Waals surface area (Å²) >= 11 is 0. The molecule has 0 spiro atoms. The molecule has 3 aromatic rings. The second-order valence-electron chi connectivity index (χ2n) is 8.25. The summed E-state index contributed by atoms with van der Waals surface area (Å²) in [6.45, 7) is 1.42. The number of piperidine rings is 1. The van der Waals surface area contributed by atoms with Crippen LogP contribution in [0.5, 0.6) is 11.5 Å². The fourth-order valence-electron chi connectivity index (χ4n) is 4.02. The van der Waals surface area contributed by atoms with Crippen LogP contribution in [0.15, 0.2) is 84.9 Å². The van der Waals surface area contributed by atoms with Gasteiger partial charge in [0.2, 0.25) is 11.8 Å². The quantitative estimate of drug-likeness (QED) is 0.570. The molecule has 1 fully saturated rings. The van der Waals surface area contributed by atoms with E-state index >= 15 is 0 Å². The van der Waals surface area contributed by atoms with Gasteiger partial charge in [-0.1, -0.05) is 48.5 Å². The van der Waals surface area contributed by atoms with Gasteiger partial charge < -0.3 is 19.9 Å². The van der Waals surface area contributed by atoms with Gasteiger partial charge in [0.05, 0.1) is 12.2 Å². The predicted octanol–water partition coefficient (Wildman–Crippen LogP) is 4.79. The van der Waals surface area contributed by atoms with Crippen LogP contribution in [0.25, 0.3) is 0 Å². The summed E-state index contributed by atoms with van der Waals surface area (Å²) in [6, 6.07) is 26.8. The molecule has 1 N–H and O–H groups in total. The van der Waals surface area contributed by atoms with Crippen molar-refractivity contribution < 1.29 is 14.3 Å². The van der Waals surface area contributed by atoms with Crippen molar-refractivity contribution in [3.05, 3.63) is 84.9 Å². The highest BCUT2D eigenvalue weighted by molar-refractivity contribution is 5.92. The van der Waals surface area contributed by atoms with E-state index in [4.69, 9.17) is 4.74 Å². The van der Waals surface area contributed by atoms with Crippen LogP contribution < -0.4 is 15.0 Å². The molecule has 33 heavy (non-hydrogen) atoms. The minimum atomic E-state index is -0.0769. The van der Waals surface area contributed by atoms with Crippen LogP contribution in [0.4, 0.5) is 11.4 Å². The number of carbonyl (C=O) groups is 2. The normalized spacial score (nSPS) is 13.9. The smallest absolute Gasteiger partial charge is 0.242 e. The first kappa shape index (κ1) is 22.4. The zero-order chi connectivity index (χ0) is 23.0. The summed E-state index contributed by atoms with van der Waals surface area (Å²) in [7, 11) is 1.89. The van der Waals surface area contributed by atoms with Crippen LogP contribution in [0.2, 0.25) is 0 Å². The van der Waals surface area contributed by atoms with Crippen LogP contribution in [0.1, 0.15) is 12.8 Å². The number of likely N-dealkylation sites (N-methyl/N-ethyl adjacent to an activating group) is 1. The Morgan fingerprint density at radius 2 is 1.52 bits per heavy atom. The van der Waals surface area contributed by atoms with Crippen molar-refractivity contribution in [2.75, 3.05) is 36.9 Å². The first-order chi connectivity index (χ1) is 16.1. The van der Waals surface area contributed by atoms with Crippen LogP contribution >= 0.6 is 0 Å². The maximum atomic E-state index is 13.0. The lowest BCUT2D eigenvalue weighted by molar-refractivity contribution is -0.133. The third kappa shape index (κ3) is 5.92. The number of nitrogens with zero attached hydrogens (tertiary/aromatic N) is 2. The van der Waals surface area contributed by atoms with Crippen molar-refractivity contribution >= 4 is 23.2 Å². The van der Waals surface area contributed by atoms with E-state index in [0.29, 0.717) is 31.7 Å². The molecule has 0 radical (unpaired) electrons. The van der Waals surface area contributed by atoms with Gasteiger partial charge in [-0.25, -0.2) is 0 Å². The SMILES string of the molecule is CN(CC(=O)N1CCC(C(=O)Nc2ccccc2)CC1)c1ccccc1Oc1ccccc1. The lowest BCUT2D eigenvalue weighted by Gasteiger charge is -2.33. The molecule has 0 atom stereocenters. The molecule has 0 bridgehead atoms. The number of rotatable bonds is 7. The molecule has 170 valence electrons. The maximum absolute atomic E-state index is 13.0. The third-order valence-corrected chi connectivity index (χ3v) is 5.88. The average molecular weight is 444 g/mol. The Balaban J connectivity index is 1.31. The predicted molar refractivity (Wildman–Crippen MR) is 131 cm³/mol. The molecule has 6 heteroatoms. The van der Waals surface area contributed by atoms with Crippen LogP contribution in [0, 0.1) is 5.92 Å². The van der Waals surface area contributed by atoms with Gasteiger partial charge in [-0.3, -0.25) is 9.59 Å². The Morgan fingerprint density at radius 3 is 2.21 bits per heavy atom. The van der Waals surface area contributed by atoms with Crippen molar-refractivity contribution in [2.24, 2.45) is 5.92 Å². The van der Waals surface area contributed by atoms with E-state index in [1.54, 1.807) is 0 Å². The van der Waals surface area contributed by atoms with E-state index in [9.17, 15) is 9.59 Å². The van der Waals surface area contributed by atoms with Crippen molar-refractivity contribution in [1.82, 2.24) is 4.90 Å². The van der Waals surface area contributed by atoms with Crippen LogP contribution in [0.3, 0.4) is 0 Å². The second kappa shape index (κ2) is 10.7. The number of anilines is 2. The summed E-state index contributed by atoms with van der Waals surface area (Å²) in [6.07, 6.45) is 1.34. The molecule has 0 saturated carbocycles. The number of para-hydroxylation sites is 4. The number of carbonyl (C=O) groups excluding carboxylic acids is 2. The molecule has 0 aliphatic carbocycles. The molecule has 0 aromatic heterocycles. The largest absolute Gasteiger partial charge is 0.455 e. The minimum absolute atomic E-state index is 0.0254. The van der Waals surface area contributed by atoms with Crippen molar-refractivity contribution in [3.8, 4) is 11.5 Å². The van der Waals surface area contributed by atoms with E-state index in [0.717, 1.165) is 17.1 Å². The van der Waals surface area contributed by atoms with E-state index in [2.05, 4.69) is 5.32 Å². The van der Waals surface area contributed by atoms with E-state index in [1.807, 2.05) is 102 Å². The number of benzene rings is 3. The Kier molecular flexibility index (Phi) is 7.25. The molecule has 2 amide bonds. The van der Waals surface area contributed by atoms with Gasteiger partial charge in [-0.05, 0) is 49.2 Å². The van der Waals surface area contributed by atoms with E-state index in [1.165, 1.54) is 0 Å². The van der Waals surface area contributed by atoms with Gasteiger partial charge in [0.1, 0.15) is 5.75 Å². The number of hydrogen-bond acceptors (Lipinski definition) is 4. The highest BCUT2D eigenvalue weighted by Crippen LogP contribution is 2.31. The number of ether oxygens (including phenoxy) is 1. The highest BCUT2D eigenvalue weighted by atomic mass is 16.5. The molecular formula is C27H29N3O3. The van der Waals surface area contributed by atoms with Crippen LogP contribution in [-0.2, 0) is 9.59 Å². The number of likely N-dealkylation sites (tertiary alicyclic amines) is 1. The first-order valence-corrected chi connectivity index (χ1v) is 11.3. The Bertz CT molecular complexity index is 1060. The molecule has 1 aliphatic heterocycles. The van der Waals surface area contributed by atoms with E-state index < -0.39 is 0 Å². The summed E-state index contributed by atoms with van der Waals surface area (Å²) in [5, 5.41) is 2.97. The molecule has 3 aromatic carbocycles. The standard InChI is InChI=1S/C27H29N3O3/c1-29(24-14-8-9-15-25(24)33-23-12-6-3-7-13-23)20-26(31)30-18-16-21(17-19-30)27(32)28-22-10-4-2-5-11-22/h2-15,21H,16-20H2,1H3,(H,28,32). The Morgan fingerprint density at radius 1 is 0.909 bits per heavy atom. The molecule has 4 rings (SSSR count). The molecule has 1 heterocycles. The van der Waals surface area contributed by atoms with Gasteiger partial charge in [-0.2, -0.15) is 0 Å². The van der Waals surface area contributed by atoms with Crippen molar-refractivity contribution in [2.45, 2.75) is 12.8 Å². The van der Waals surface area contributed by atoms with Crippen LogP contribution in [-0.4, -0.2) is 43.4 Å². The summed E-state index contributed by atoms with van der Waals surface area (Å²) in [5.74, 6) is 1.45. The lowest BCUT2D eigenvalue weighted by atomic mass is 9.95. The van der Waals surface area contributed by atoms with Crippen molar-refractivity contribution in [1.29, 1.82) is 0 Å². The van der Waals surface area contributed by atoms with Gasteiger partial charge in [0.15, 0.2) is 5.75 Å². The molecule has 6 nitrogen and oxygen atoms in total. The summed E-state index contributed by atoms with van der Waals surface area (Å²) < 4.78 is 6.04. The van der Waals surface area contributed by atoms with Crippen molar-refractivity contribution in [3.63, 3.8) is 0 Å². The monoisotopic (exact) mass is 443 g/mol. The van der Waals surface area contributed by atoms with E-state index in [-0.39, 0.29) is 24.3 Å².